The number of nitrogens with zero attached hydrogens (tertiary/aromatic N) is 2. The fraction of sp³-hybridized carbons (Fsp3) is 0.286. The van der Waals surface area contributed by atoms with E-state index in [0.717, 1.165) is 0 Å². The molecule has 0 aliphatic carbocycles. The number of pyridine rings is 1. The first-order valence-electron chi connectivity index (χ1n) is 3.84. The molecule has 10 heteroatoms. The standard InChI is InChI=1S/C7H2ClF5N2O2/c8-4-2(6(9)10)1-3(15(16)17)14-5(4)7(11,12)13/h1,6H. The molecule has 1 aromatic rings. The van der Waals surface area contributed by atoms with Crippen LogP contribution in [0.4, 0.5) is 27.8 Å². The van der Waals surface area contributed by atoms with Gasteiger partial charge in [0, 0.05) is 11.6 Å². The normalized spacial score (nSPS) is 11.9. The Kier molecular flexibility index (Phi) is 3.51. The van der Waals surface area contributed by atoms with E-state index >= 15 is 0 Å². The van der Waals surface area contributed by atoms with Gasteiger partial charge in [-0.1, -0.05) is 11.6 Å². The number of halogens is 6. The van der Waals surface area contributed by atoms with E-state index in [1.807, 2.05) is 0 Å². The fourth-order valence-electron chi connectivity index (χ4n) is 0.975. The molecule has 0 amide bonds. The topological polar surface area (TPSA) is 56.0 Å². The SMILES string of the molecule is O=[N+]([O-])c1cc(C(F)F)c(Cl)c(C(F)(F)F)n1. The Morgan fingerprint density at radius 1 is 1.41 bits per heavy atom. The molecule has 1 rings (SSSR count). The summed E-state index contributed by atoms with van der Waals surface area (Å²) < 4.78 is 61.6. The highest BCUT2D eigenvalue weighted by atomic mass is 35.5. The van der Waals surface area contributed by atoms with Crippen molar-refractivity contribution in [2.75, 3.05) is 0 Å². The molecule has 0 saturated heterocycles. The molecule has 0 fully saturated rings. The van der Waals surface area contributed by atoms with Crippen molar-refractivity contribution in [3.05, 3.63) is 32.5 Å². The van der Waals surface area contributed by atoms with Crippen LogP contribution in [0, 0.1) is 10.1 Å². The zero-order valence-electron chi connectivity index (χ0n) is 7.63. The van der Waals surface area contributed by atoms with Crippen LogP contribution in [-0.2, 0) is 6.18 Å². The predicted molar refractivity (Wildman–Crippen MR) is 45.9 cm³/mol. The lowest BCUT2D eigenvalue weighted by Crippen LogP contribution is -2.12. The van der Waals surface area contributed by atoms with Crippen molar-refractivity contribution in [3.63, 3.8) is 0 Å². The summed E-state index contributed by atoms with van der Waals surface area (Å²) in [4.78, 5) is 11.5. The molecule has 0 radical (unpaired) electrons. The maximum Gasteiger partial charge on any atom is 0.459 e. The summed E-state index contributed by atoms with van der Waals surface area (Å²) in [5.74, 6) is -1.34. The quantitative estimate of drug-likeness (QED) is 0.471. The second-order valence-electron chi connectivity index (χ2n) is 2.79. The van der Waals surface area contributed by atoms with E-state index in [1.54, 1.807) is 0 Å². The van der Waals surface area contributed by atoms with Gasteiger partial charge >= 0.3 is 12.0 Å². The van der Waals surface area contributed by atoms with Gasteiger partial charge in [0.25, 0.3) is 12.1 Å². The minimum absolute atomic E-state index is 0.211. The van der Waals surface area contributed by atoms with Crippen molar-refractivity contribution in [3.8, 4) is 0 Å². The Bertz CT molecular complexity index is 462. The molecule has 1 aromatic heterocycles. The summed E-state index contributed by atoms with van der Waals surface area (Å²) in [7, 11) is 0. The average molecular weight is 277 g/mol. The van der Waals surface area contributed by atoms with Crippen LogP contribution in [0.25, 0.3) is 0 Å². The minimum Gasteiger partial charge on any atom is -0.358 e. The van der Waals surface area contributed by atoms with Gasteiger partial charge in [0.2, 0.25) is 0 Å². The van der Waals surface area contributed by atoms with Crippen LogP contribution in [-0.4, -0.2) is 9.91 Å². The lowest BCUT2D eigenvalue weighted by atomic mass is 10.2. The minimum atomic E-state index is -5.15. The Balaban J connectivity index is 3.55. The summed E-state index contributed by atoms with van der Waals surface area (Å²) >= 11 is 5.08. The second kappa shape index (κ2) is 4.40. The van der Waals surface area contributed by atoms with Crippen molar-refractivity contribution >= 4 is 17.4 Å². The number of hydrogen-bond donors (Lipinski definition) is 0. The lowest BCUT2D eigenvalue weighted by Gasteiger charge is -2.07. The van der Waals surface area contributed by atoms with Crippen LogP contribution in [0.5, 0.6) is 0 Å². The van der Waals surface area contributed by atoms with Crippen LogP contribution < -0.4 is 0 Å². The summed E-state index contributed by atoms with van der Waals surface area (Å²) in [6.45, 7) is 0. The van der Waals surface area contributed by atoms with Gasteiger partial charge in [-0.2, -0.15) is 13.2 Å². The zero-order valence-corrected chi connectivity index (χ0v) is 8.39. The van der Waals surface area contributed by atoms with Crippen LogP contribution >= 0.6 is 11.6 Å². The molecule has 0 aliphatic heterocycles. The molecule has 0 aromatic carbocycles. The molecule has 1 heterocycles. The third-order valence-corrected chi connectivity index (χ3v) is 2.06. The van der Waals surface area contributed by atoms with E-state index in [-0.39, 0.29) is 6.07 Å². The van der Waals surface area contributed by atoms with Gasteiger partial charge in [0.1, 0.15) is 5.02 Å². The highest BCUT2D eigenvalue weighted by Crippen LogP contribution is 2.39. The molecule has 0 unspecified atom stereocenters. The van der Waals surface area contributed by atoms with Crippen molar-refractivity contribution < 1.29 is 26.9 Å². The summed E-state index contributed by atoms with van der Waals surface area (Å²) in [5.41, 5.74) is -3.18. The zero-order chi connectivity index (χ0) is 13.4. The van der Waals surface area contributed by atoms with Crippen LogP contribution in [0.3, 0.4) is 0 Å². The maximum absolute atomic E-state index is 12.3. The Morgan fingerprint density at radius 3 is 2.29 bits per heavy atom. The molecule has 0 spiro atoms. The van der Waals surface area contributed by atoms with E-state index in [9.17, 15) is 32.1 Å². The van der Waals surface area contributed by atoms with Gasteiger partial charge in [-0.25, -0.2) is 8.78 Å². The summed E-state index contributed by atoms with van der Waals surface area (Å²) in [6.07, 6.45) is -8.52. The van der Waals surface area contributed by atoms with Gasteiger partial charge in [0.15, 0.2) is 0 Å². The van der Waals surface area contributed by atoms with Crippen molar-refractivity contribution in [2.24, 2.45) is 0 Å². The van der Waals surface area contributed by atoms with Crippen molar-refractivity contribution in [2.45, 2.75) is 12.6 Å². The molecule has 94 valence electrons. The van der Waals surface area contributed by atoms with E-state index in [1.165, 1.54) is 0 Å². The van der Waals surface area contributed by atoms with E-state index < -0.39 is 39.6 Å². The molecule has 0 bridgehead atoms. The van der Waals surface area contributed by atoms with Gasteiger partial charge in [-0.3, -0.25) is 0 Å². The molecule has 4 nitrogen and oxygen atoms in total. The average Bonchev–Trinajstić information content (AvgIpc) is 2.15. The van der Waals surface area contributed by atoms with Gasteiger partial charge in [0.05, 0.1) is 0 Å². The Hall–Kier alpha value is -1.51. The second-order valence-corrected chi connectivity index (χ2v) is 3.17. The van der Waals surface area contributed by atoms with Gasteiger partial charge in [-0.05, 0) is 9.91 Å². The molecule has 0 aliphatic rings. The smallest absolute Gasteiger partial charge is 0.358 e. The van der Waals surface area contributed by atoms with Gasteiger partial charge < -0.3 is 10.1 Å². The lowest BCUT2D eigenvalue weighted by molar-refractivity contribution is -0.390. The fourth-order valence-corrected chi connectivity index (χ4v) is 1.26. The van der Waals surface area contributed by atoms with Crippen LogP contribution in [0.15, 0.2) is 6.07 Å². The van der Waals surface area contributed by atoms with Gasteiger partial charge in [-0.15, -0.1) is 0 Å². The highest BCUT2D eigenvalue weighted by molar-refractivity contribution is 6.32. The number of nitro groups is 1. The first-order valence-corrected chi connectivity index (χ1v) is 4.22. The molecule has 0 saturated carbocycles. The largest absolute Gasteiger partial charge is 0.459 e. The van der Waals surface area contributed by atoms with E-state index in [4.69, 9.17) is 11.6 Å². The Labute approximate surface area is 95.2 Å². The summed E-state index contributed by atoms with van der Waals surface area (Å²) in [5, 5.41) is 8.92. The Morgan fingerprint density at radius 2 is 1.94 bits per heavy atom. The first kappa shape index (κ1) is 13.6. The third-order valence-electron chi connectivity index (χ3n) is 1.66. The molecule has 17 heavy (non-hydrogen) atoms. The van der Waals surface area contributed by atoms with Crippen LogP contribution in [0.1, 0.15) is 17.7 Å². The van der Waals surface area contributed by atoms with Crippen molar-refractivity contribution in [1.82, 2.24) is 4.98 Å². The third kappa shape index (κ3) is 2.78. The van der Waals surface area contributed by atoms with Crippen molar-refractivity contribution in [1.29, 1.82) is 0 Å². The van der Waals surface area contributed by atoms with E-state index in [0.29, 0.717) is 0 Å². The number of rotatable bonds is 2. The molecule has 0 atom stereocenters. The molecular formula is C7H2ClF5N2O2. The molecular weight excluding hydrogens is 275 g/mol. The molecule has 0 N–H and O–H groups in total. The maximum atomic E-state index is 12.3. The highest BCUT2D eigenvalue weighted by Gasteiger charge is 2.43. The number of aromatic nitrogens is 1. The first-order chi connectivity index (χ1) is 7.64. The number of hydrogen-bond acceptors (Lipinski definition) is 3. The summed E-state index contributed by atoms with van der Waals surface area (Å²) in [6, 6.07) is 0.211. The van der Waals surface area contributed by atoms with Crippen LogP contribution in [0.2, 0.25) is 5.02 Å². The predicted octanol–water partition coefficient (Wildman–Crippen LogP) is 3.60. The number of alkyl halides is 5. The van der Waals surface area contributed by atoms with E-state index in [2.05, 4.69) is 4.98 Å². The monoisotopic (exact) mass is 276 g/mol.